The van der Waals surface area contributed by atoms with Crippen LogP contribution in [0.15, 0.2) is 273 Å². The van der Waals surface area contributed by atoms with E-state index in [0.717, 1.165) is 12.8 Å². The van der Waals surface area contributed by atoms with Crippen LogP contribution in [-0.2, 0) is 6.42 Å². The smallest absolute Gasteiger partial charge is 0.0476 e. The maximum Gasteiger partial charge on any atom is 0.0476 e. The molecule has 0 saturated heterocycles. The Morgan fingerprint density at radius 3 is 2.00 bits per heavy atom. The van der Waals surface area contributed by atoms with Gasteiger partial charge in [-0.05, 0) is 124 Å². The van der Waals surface area contributed by atoms with E-state index in [9.17, 15) is 0 Å². The maximum atomic E-state index is 2.59. The molecule has 3 aliphatic carbocycles. The molecule has 0 saturated carbocycles. The SMILES string of the molecule is CC12C=CC=CC1C=CC=C2N(c1ccccc1)c1cc(C(Cc2ccccc2)C2C=CC=CC2)c2c(c1)sc1c3ccccc3c(-c3ccc(C(c4ccccc4)c4cccc5sc6ccccc6c45)cc3)cc12. The van der Waals surface area contributed by atoms with Crippen molar-refractivity contribution < 1.29 is 0 Å². The molecule has 0 radical (unpaired) electrons. The standard InChI is InChI=1S/C72H55NS2/c1-72-43-19-18-28-53(72)29-20-38-67(72)73(54-30-12-5-13-31-54)55-45-62(60(49-24-8-3-9-25-49)44-48-22-6-2-7-23-48)70-63-47-61(56-32-14-15-33-57(56)71(63)75-66(70)46-55)50-39-41-52(42-40-50)68(51-26-10-4-11-27-51)59-35-21-37-65-69(59)58-34-16-17-36-64(58)74-65/h2-24,26-43,45-47,49,53,60,68H,25,44H2,1H3. The van der Waals surface area contributed by atoms with Gasteiger partial charge in [0.1, 0.15) is 0 Å². The van der Waals surface area contributed by atoms with Crippen LogP contribution < -0.4 is 4.90 Å². The Bertz CT molecular complexity index is 4150. The lowest BCUT2D eigenvalue weighted by molar-refractivity contribution is 0.415. The Balaban J connectivity index is 0.986. The third kappa shape index (κ3) is 7.96. The fourth-order valence-electron chi connectivity index (χ4n) is 12.8. The van der Waals surface area contributed by atoms with Crippen LogP contribution in [0.4, 0.5) is 11.4 Å². The number of anilines is 2. The van der Waals surface area contributed by atoms with Crippen LogP contribution in [-0.4, -0.2) is 0 Å². The van der Waals surface area contributed by atoms with Gasteiger partial charge in [0.05, 0.1) is 0 Å². The van der Waals surface area contributed by atoms with Crippen LogP contribution in [0.2, 0.25) is 0 Å². The molecule has 2 heterocycles. The van der Waals surface area contributed by atoms with Gasteiger partial charge in [0.2, 0.25) is 0 Å². The summed E-state index contributed by atoms with van der Waals surface area (Å²) in [5.74, 6) is 0.854. The van der Waals surface area contributed by atoms with Gasteiger partial charge in [-0.2, -0.15) is 0 Å². The van der Waals surface area contributed by atoms with E-state index >= 15 is 0 Å². The number of allylic oxidation sites excluding steroid dienone is 11. The maximum absolute atomic E-state index is 2.59. The number of fused-ring (bicyclic) bond motifs is 9. The molecule has 3 aliphatic rings. The van der Waals surface area contributed by atoms with Crippen molar-refractivity contribution >= 4 is 85.2 Å². The molecule has 75 heavy (non-hydrogen) atoms. The molecular weight excluding hydrogens is 943 g/mol. The molecular formula is C72H55NS2. The molecule has 0 fully saturated rings. The Morgan fingerprint density at radius 2 is 1.20 bits per heavy atom. The number of para-hydroxylation sites is 1. The molecule has 1 nitrogen and oxygen atoms in total. The summed E-state index contributed by atoms with van der Waals surface area (Å²) in [6, 6.07) is 75.5. The zero-order chi connectivity index (χ0) is 49.9. The molecule has 9 aromatic carbocycles. The summed E-state index contributed by atoms with van der Waals surface area (Å²) in [6.45, 7) is 2.41. The van der Waals surface area contributed by atoms with Gasteiger partial charge in [0.15, 0.2) is 0 Å². The Kier molecular flexibility index (Phi) is 11.5. The molecule has 0 bridgehead atoms. The molecule has 5 unspecified atom stereocenters. The van der Waals surface area contributed by atoms with E-state index in [4.69, 9.17) is 0 Å². The van der Waals surface area contributed by atoms with E-state index < -0.39 is 0 Å². The normalized spacial score (nSPS) is 18.8. The molecule has 0 aliphatic heterocycles. The Morgan fingerprint density at radius 1 is 0.520 bits per heavy atom. The first kappa shape index (κ1) is 45.5. The summed E-state index contributed by atoms with van der Waals surface area (Å²) in [7, 11) is 0. The first-order chi connectivity index (χ1) is 37.1. The van der Waals surface area contributed by atoms with Crippen molar-refractivity contribution in [3.8, 4) is 11.1 Å². The topological polar surface area (TPSA) is 3.24 Å². The third-order valence-electron chi connectivity index (χ3n) is 16.5. The fourth-order valence-corrected chi connectivity index (χ4v) is 15.2. The summed E-state index contributed by atoms with van der Waals surface area (Å²) in [4.78, 5) is 2.57. The molecule has 11 aromatic rings. The minimum Gasteiger partial charge on any atom is -0.313 e. The van der Waals surface area contributed by atoms with Gasteiger partial charge < -0.3 is 4.90 Å². The summed E-state index contributed by atoms with van der Waals surface area (Å²) in [5, 5.41) is 7.99. The fraction of sp³-hybridized carbons (Fsp3) is 0.111. The zero-order valence-corrected chi connectivity index (χ0v) is 43.5. The van der Waals surface area contributed by atoms with Gasteiger partial charge in [-0.3, -0.25) is 0 Å². The predicted molar refractivity (Wildman–Crippen MR) is 324 cm³/mol. The molecule has 0 N–H and O–H groups in total. The van der Waals surface area contributed by atoms with E-state index in [2.05, 4.69) is 279 Å². The second-order valence-electron chi connectivity index (χ2n) is 20.8. The van der Waals surface area contributed by atoms with E-state index in [1.54, 1.807) is 0 Å². The summed E-state index contributed by atoms with van der Waals surface area (Å²) in [5.41, 5.74) is 12.6. The number of benzene rings is 9. The monoisotopic (exact) mass is 997 g/mol. The highest BCUT2D eigenvalue weighted by Crippen LogP contribution is 2.53. The van der Waals surface area contributed by atoms with Crippen molar-refractivity contribution in [3.05, 3.63) is 301 Å². The minimum absolute atomic E-state index is 0.0684. The Hall–Kier alpha value is -8.08. The number of hydrogen-bond acceptors (Lipinski definition) is 3. The lowest BCUT2D eigenvalue weighted by Gasteiger charge is -2.44. The summed E-state index contributed by atoms with van der Waals surface area (Å²) >= 11 is 3.85. The molecule has 0 spiro atoms. The van der Waals surface area contributed by atoms with Crippen LogP contribution >= 0.6 is 22.7 Å². The van der Waals surface area contributed by atoms with Gasteiger partial charge in [0.25, 0.3) is 0 Å². The van der Waals surface area contributed by atoms with Crippen molar-refractivity contribution in [2.45, 2.75) is 31.6 Å². The van der Waals surface area contributed by atoms with Gasteiger partial charge >= 0.3 is 0 Å². The molecule has 2 aromatic heterocycles. The van der Waals surface area contributed by atoms with Crippen molar-refractivity contribution in [3.63, 3.8) is 0 Å². The highest BCUT2D eigenvalue weighted by atomic mass is 32.1. The number of thiophene rings is 2. The number of hydrogen-bond donors (Lipinski definition) is 0. The number of nitrogens with zero attached hydrogens (tertiary/aromatic N) is 1. The lowest BCUT2D eigenvalue weighted by atomic mass is 9.69. The van der Waals surface area contributed by atoms with Crippen molar-refractivity contribution in [2.24, 2.45) is 17.3 Å². The molecule has 14 rings (SSSR count). The van der Waals surface area contributed by atoms with E-state index in [0.29, 0.717) is 5.92 Å². The lowest BCUT2D eigenvalue weighted by Crippen LogP contribution is -2.36. The van der Waals surface area contributed by atoms with E-state index in [1.165, 1.54) is 107 Å². The van der Waals surface area contributed by atoms with Gasteiger partial charge in [-0.15, -0.1) is 22.7 Å². The van der Waals surface area contributed by atoms with Crippen LogP contribution in [0.25, 0.3) is 62.2 Å². The molecule has 0 amide bonds. The first-order valence-corrected chi connectivity index (χ1v) is 28.2. The largest absolute Gasteiger partial charge is 0.313 e. The molecule has 5 atom stereocenters. The number of rotatable bonds is 11. The Labute approximate surface area is 447 Å². The molecule has 3 heteroatoms. The minimum atomic E-state index is -0.234. The van der Waals surface area contributed by atoms with Crippen molar-refractivity contribution in [1.82, 2.24) is 0 Å². The van der Waals surface area contributed by atoms with E-state index in [1.807, 2.05) is 22.7 Å². The third-order valence-corrected chi connectivity index (χ3v) is 18.8. The van der Waals surface area contributed by atoms with Gasteiger partial charge in [-0.1, -0.05) is 218 Å². The highest BCUT2D eigenvalue weighted by Gasteiger charge is 2.40. The van der Waals surface area contributed by atoms with E-state index in [-0.39, 0.29) is 23.2 Å². The van der Waals surface area contributed by atoms with Crippen LogP contribution in [0.5, 0.6) is 0 Å². The second kappa shape index (κ2) is 19.0. The quantitative estimate of drug-likeness (QED) is 0.117. The van der Waals surface area contributed by atoms with Crippen LogP contribution in [0.3, 0.4) is 0 Å². The zero-order valence-electron chi connectivity index (χ0n) is 41.9. The highest BCUT2D eigenvalue weighted by molar-refractivity contribution is 7.27. The predicted octanol–water partition coefficient (Wildman–Crippen LogP) is 20.2. The average Bonchev–Trinajstić information content (AvgIpc) is 4.10. The van der Waals surface area contributed by atoms with Gasteiger partial charge in [-0.25, -0.2) is 0 Å². The van der Waals surface area contributed by atoms with Crippen molar-refractivity contribution in [1.29, 1.82) is 0 Å². The van der Waals surface area contributed by atoms with Gasteiger partial charge in [0, 0.05) is 80.1 Å². The summed E-state index contributed by atoms with van der Waals surface area (Å²) < 4.78 is 5.33. The second-order valence-corrected chi connectivity index (χ2v) is 22.9. The van der Waals surface area contributed by atoms with Crippen molar-refractivity contribution in [2.75, 3.05) is 4.90 Å². The first-order valence-electron chi connectivity index (χ1n) is 26.5. The molecule has 360 valence electrons. The average molecular weight is 998 g/mol. The summed E-state index contributed by atoms with van der Waals surface area (Å²) in [6.07, 6.45) is 27.5. The van der Waals surface area contributed by atoms with Crippen LogP contribution in [0, 0.1) is 17.3 Å². The van der Waals surface area contributed by atoms with Crippen LogP contribution in [0.1, 0.15) is 53.0 Å².